The van der Waals surface area contributed by atoms with E-state index in [2.05, 4.69) is 16.0 Å². The quantitative estimate of drug-likeness (QED) is 0.292. The fourth-order valence-corrected chi connectivity index (χ4v) is 3.20. The van der Waals surface area contributed by atoms with Crippen LogP contribution < -0.4 is 16.0 Å². The fraction of sp³-hybridized carbons (Fsp3) is 0.857. The Bertz CT molecular complexity index is 553. The Kier molecular flexibility index (Phi) is 10.3. The standard InChI is InChI=1S/C21H41N5O3/c1-7-21(8-2,25-19(28)29-20(4,5)6)16-24-18(22-9-3)23-13-11-15-26-14-10-12-17(26)27/h7-16H2,1-6H3,(H,25,28)(H2,22,23,24). The monoisotopic (exact) mass is 411 g/mol. The topological polar surface area (TPSA) is 95.1 Å². The van der Waals surface area contributed by atoms with Gasteiger partial charge >= 0.3 is 6.09 Å². The van der Waals surface area contributed by atoms with Crippen molar-refractivity contribution in [3.8, 4) is 0 Å². The third kappa shape index (κ3) is 9.37. The van der Waals surface area contributed by atoms with E-state index in [0.29, 0.717) is 13.0 Å². The molecule has 0 bridgehead atoms. The van der Waals surface area contributed by atoms with Crippen LogP contribution in [0.25, 0.3) is 0 Å². The van der Waals surface area contributed by atoms with Gasteiger partial charge in [0.2, 0.25) is 5.91 Å². The van der Waals surface area contributed by atoms with Crippen molar-refractivity contribution in [2.24, 2.45) is 4.99 Å². The molecule has 1 aliphatic heterocycles. The number of hydrogen-bond acceptors (Lipinski definition) is 4. The summed E-state index contributed by atoms with van der Waals surface area (Å²) in [7, 11) is 0. The summed E-state index contributed by atoms with van der Waals surface area (Å²) < 4.78 is 5.43. The van der Waals surface area contributed by atoms with Crippen molar-refractivity contribution in [3.05, 3.63) is 0 Å². The van der Waals surface area contributed by atoms with Gasteiger partial charge in [-0.25, -0.2) is 4.79 Å². The van der Waals surface area contributed by atoms with Crippen LogP contribution >= 0.6 is 0 Å². The zero-order valence-corrected chi connectivity index (χ0v) is 19.2. The summed E-state index contributed by atoms with van der Waals surface area (Å²) in [6.45, 7) is 15.3. The number of carbonyl (C=O) groups is 2. The van der Waals surface area contributed by atoms with Gasteiger partial charge in [0, 0.05) is 32.6 Å². The minimum Gasteiger partial charge on any atom is -0.444 e. The predicted octanol–water partition coefficient (Wildman–Crippen LogP) is 2.64. The van der Waals surface area contributed by atoms with Crippen LogP contribution in [-0.4, -0.2) is 66.7 Å². The van der Waals surface area contributed by atoms with E-state index >= 15 is 0 Å². The van der Waals surface area contributed by atoms with Crippen molar-refractivity contribution in [2.45, 2.75) is 84.8 Å². The Morgan fingerprint density at radius 1 is 1.17 bits per heavy atom. The SMILES string of the molecule is CCNC(=NCC(CC)(CC)NC(=O)OC(C)(C)C)NCCCN1CCCC1=O. The molecule has 2 amide bonds. The zero-order chi connectivity index (χ0) is 21.9. The van der Waals surface area contributed by atoms with Crippen LogP contribution in [0.5, 0.6) is 0 Å². The lowest BCUT2D eigenvalue weighted by Crippen LogP contribution is -2.52. The van der Waals surface area contributed by atoms with Gasteiger partial charge in [-0.15, -0.1) is 0 Å². The van der Waals surface area contributed by atoms with Gasteiger partial charge in [-0.2, -0.15) is 0 Å². The molecule has 168 valence electrons. The highest BCUT2D eigenvalue weighted by Crippen LogP contribution is 2.17. The van der Waals surface area contributed by atoms with E-state index < -0.39 is 17.2 Å². The second-order valence-corrected chi connectivity index (χ2v) is 8.57. The summed E-state index contributed by atoms with van der Waals surface area (Å²) in [5.74, 6) is 0.979. The van der Waals surface area contributed by atoms with Gasteiger partial charge in [-0.05, 0) is 53.4 Å². The molecular formula is C21H41N5O3. The number of carbonyl (C=O) groups excluding carboxylic acids is 2. The van der Waals surface area contributed by atoms with Gasteiger partial charge in [-0.3, -0.25) is 9.79 Å². The number of nitrogens with zero attached hydrogens (tertiary/aromatic N) is 2. The van der Waals surface area contributed by atoms with Gasteiger partial charge in [0.15, 0.2) is 5.96 Å². The fourth-order valence-electron chi connectivity index (χ4n) is 3.20. The summed E-state index contributed by atoms with van der Waals surface area (Å²) >= 11 is 0. The molecule has 0 aromatic carbocycles. The molecule has 8 heteroatoms. The molecule has 0 aromatic heterocycles. The van der Waals surface area contributed by atoms with Gasteiger partial charge in [0.1, 0.15) is 5.60 Å². The molecule has 1 rings (SSSR count). The first kappa shape index (κ1) is 25.0. The second kappa shape index (κ2) is 11.9. The number of guanidine groups is 1. The Labute approximate surface area is 176 Å². The van der Waals surface area contributed by atoms with E-state index in [0.717, 1.165) is 57.8 Å². The van der Waals surface area contributed by atoms with Crippen molar-refractivity contribution >= 4 is 18.0 Å². The molecule has 0 spiro atoms. The van der Waals surface area contributed by atoms with E-state index in [-0.39, 0.29) is 5.91 Å². The van der Waals surface area contributed by atoms with Crippen LogP contribution in [-0.2, 0) is 9.53 Å². The molecule has 0 atom stereocenters. The van der Waals surface area contributed by atoms with Gasteiger partial charge in [0.05, 0.1) is 12.1 Å². The lowest BCUT2D eigenvalue weighted by Gasteiger charge is -2.32. The maximum absolute atomic E-state index is 12.3. The number of amides is 2. The van der Waals surface area contributed by atoms with Crippen LogP contribution in [0.4, 0.5) is 4.79 Å². The van der Waals surface area contributed by atoms with Crippen molar-refractivity contribution < 1.29 is 14.3 Å². The predicted molar refractivity (Wildman–Crippen MR) is 117 cm³/mol. The maximum Gasteiger partial charge on any atom is 0.408 e. The molecule has 3 N–H and O–H groups in total. The molecule has 1 heterocycles. The molecule has 0 radical (unpaired) electrons. The lowest BCUT2D eigenvalue weighted by atomic mass is 9.93. The summed E-state index contributed by atoms with van der Waals surface area (Å²) in [6.07, 6.45) is 3.62. The van der Waals surface area contributed by atoms with Gasteiger partial charge in [-0.1, -0.05) is 13.8 Å². The summed E-state index contributed by atoms with van der Waals surface area (Å²) in [5.41, 5.74) is -0.986. The highest BCUT2D eigenvalue weighted by atomic mass is 16.6. The zero-order valence-electron chi connectivity index (χ0n) is 19.2. The first-order chi connectivity index (χ1) is 13.6. The van der Waals surface area contributed by atoms with Gasteiger partial charge in [0.25, 0.3) is 0 Å². The third-order valence-electron chi connectivity index (χ3n) is 5.07. The summed E-state index contributed by atoms with van der Waals surface area (Å²) in [5, 5.41) is 9.60. The molecule has 0 unspecified atom stereocenters. The normalized spacial score (nSPS) is 15.4. The molecule has 1 saturated heterocycles. The van der Waals surface area contributed by atoms with Crippen LogP contribution in [0.1, 0.15) is 73.6 Å². The molecule has 8 nitrogen and oxygen atoms in total. The average molecular weight is 412 g/mol. The van der Waals surface area contributed by atoms with Crippen molar-refractivity contribution in [3.63, 3.8) is 0 Å². The molecule has 1 aliphatic rings. The van der Waals surface area contributed by atoms with Crippen LogP contribution in [0.2, 0.25) is 0 Å². The van der Waals surface area contributed by atoms with E-state index in [1.165, 1.54) is 0 Å². The van der Waals surface area contributed by atoms with Crippen molar-refractivity contribution in [1.29, 1.82) is 0 Å². The number of likely N-dealkylation sites (tertiary alicyclic amines) is 1. The molecule has 0 aromatic rings. The second-order valence-electron chi connectivity index (χ2n) is 8.57. The Morgan fingerprint density at radius 2 is 1.86 bits per heavy atom. The number of alkyl carbamates (subject to hydrolysis) is 1. The molecule has 0 aliphatic carbocycles. The average Bonchev–Trinajstić information content (AvgIpc) is 3.05. The highest BCUT2D eigenvalue weighted by Gasteiger charge is 2.30. The van der Waals surface area contributed by atoms with E-state index in [1.807, 2.05) is 46.4 Å². The minimum absolute atomic E-state index is 0.259. The van der Waals surface area contributed by atoms with Gasteiger partial charge < -0.3 is 25.6 Å². The summed E-state index contributed by atoms with van der Waals surface area (Å²) in [4.78, 5) is 30.6. The highest BCUT2D eigenvalue weighted by molar-refractivity contribution is 5.80. The Hall–Kier alpha value is -1.99. The maximum atomic E-state index is 12.3. The van der Waals surface area contributed by atoms with E-state index in [4.69, 9.17) is 9.73 Å². The number of ether oxygens (including phenoxy) is 1. The third-order valence-corrected chi connectivity index (χ3v) is 5.07. The lowest BCUT2D eigenvalue weighted by molar-refractivity contribution is -0.127. The van der Waals surface area contributed by atoms with Crippen molar-refractivity contribution in [1.82, 2.24) is 20.9 Å². The number of rotatable bonds is 10. The smallest absolute Gasteiger partial charge is 0.408 e. The molecule has 0 saturated carbocycles. The first-order valence-corrected chi connectivity index (χ1v) is 11.0. The first-order valence-electron chi connectivity index (χ1n) is 11.0. The molecule has 29 heavy (non-hydrogen) atoms. The van der Waals surface area contributed by atoms with Crippen LogP contribution in [0, 0.1) is 0 Å². The molecular weight excluding hydrogens is 370 g/mol. The number of hydrogen-bond donors (Lipinski definition) is 3. The number of aliphatic imine (C=N–C) groups is 1. The van der Waals surface area contributed by atoms with Crippen LogP contribution in [0.15, 0.2) is 4.99 Å². The van der Waals surface area contributed by atoms with E-state index in [1.54, 1.807) is 0 Å². The van der Waals surface area contributed by atoms with Crippen molar-refractivity contribution in [2.75, 3.05) is 32.7 Å². The largest absolute Gasteiger partial charge is 0.444 e. The Morgan fingerprint density at radius 3 is 2.38 bits per heavy atom. The minimum atomic E-state index is -0.534. The van der Waals surface area contributed by atoms with Crippen LogP contribution in [0.3, 0.4) is 0 Å². The van der Waals surface area contributed by atoms with E-state index in [9.17, 15) is 9.59 Å². The number of nitrogens with one attached hydrogen (secondary N) is 3. The Balaban J connectivity index is 2.61. The summed E-state index contributed by atoms with van der Waals surface area (Å²) in [6, 6.07) is 0. The molecule has 1 fully saturated rings.